The zero-order chi connectivity index (χ0) is 28.0. The van der Waals surface area contributed by atoms with Crippen molar-refractivity contribution < 1.29 is 18.0 Å². The lowest BCUT2D eigenvalue weighted by molar-refractivity contribution is -0.138. The molecule has 0 atom stereocenters. The molecule has 2 aromatic carbocycles. The quantitative estimate of drug-likeness (QED) is 0.334. The van der Waals surface area contributed by atoms with Crippen LogP contribution in [-0.4, -0.2) is 31.7 Å². The molecular formula is C29H24F3N7O. The summed E-state index contributed by atoms with van der Waals surface area (Å²) in [5.41, 5.74) is 1.55. The summed E-state index contributed by atoms with van der Waals surface area (Å²) in [6.07, 6.45) is 1.10. The minimum absolute atomic E-state index is 0.0126. The van der Waals surface area contributed by atoms with E-state index in [9.17, 15) is 23.2 Å². The normalized spacial score (nSPS) is 15.4. The third-order valence-corrected chi connectivity index (χ3v) is 7.48. The van der Waals surface area contributed by atoms with Crippen LogP contribution < -0.4 is 10.2 Å². The number of pyridine rings is 1. The summed E-state index contributed by atoms with van der Waals surface area (Å²) in [5, 5.41) is 21.3. The maximum atomic E-state index is 13.8. The average Bonchev–Trinajstić information content (AvgIpc) is 3.68. The number of alkyl halides is 3. The fourth-order valence-corrected chi connectivity index (χ4v) is 5.52. The monoisotopic (exact) mass is 543 g/mol. The first-order valence-corrected chi connectivity index (χ1v) is 12.9. The van der Waals surface area contributed by atoms with E-state index in [1.54, 1.807) is 42.2 Å². The minimum Gasteiger partial charge on any atom is -0.367 e. The van der Waals surface area contributed by atoms with Crippen molar-refractivity contribution in [3.8, 4) is 28.6 Å². The van der Waals surface area contributed by atoms with Crippen LogP contribution in [0.1, 0.15) is 52.7 Å². The van der Waals surface area contributed by atoms with Gasteiger partial charge in [-0.25, -0.2) is 4.98 Å². The van der Waals surface area contributed by atoms with Gasteiger partial charge in [0.2, 0.25) is 0 Å². The molecule has 0 bridgehead atoms. The largest absolute Gasteiger partial charge is 0.416 e. The Labute approximate surface area is 228 Å². The molecule has 6 rings (SSSR count). The molecule has 1 saturated carbocycles. The van der Waals surface area contributed by atoms with E-state index in [0.717, 1.165) is 31.7 Å². The Morgan fingerprint density at radius 2 is 1.85 bits per heavy atom. The number of aryl methyl sites for hydroxylation is 1. The second-order valence-electron chi connectivity index (χ2n) is 10.1. The molecule has 1 aliphatic carbocycles. The van der Waals surface area contributed by atoms with Crippen molar-refractivity contribution in [1.29, 1.82) is 5.26 Å². The SMILES string of the molecule is Cn1cnnc1-c1ccc(C#N)cc1-c1cc(NC2CCCC2)nc(N2Cc3c(cccc3C(F)(F)F)C2=O)c1. The van der Waals surface area contributed by atoms with Crippen molar-refractivity contribution in [2.24, 2.45) is 7.05 Å². The van der Waals surface area contributed by atoms with Crippen LogP contribution >= 0.6 is 0 Å². The Morgan fingerprint density at radius 1 is 1.05 bits per heavy atom. The van der Waals surface area contributed by atoms with E-state index in [4.69, 9.17) is 4.98 Å². The van der Waals surface area contributed by atoms with Crippen LogP contribution in [0.15, 0.2) is 54.9 Å². The van der Waals surface area contributed by atoms with Gasteiger partial charge in [-0.15, -0.1) is 10.2 Å². The second-order valence-corrected chi connectivity index (χ2v) is 10.1. The smallest absolute Gasteiger partial charge is 0.367 e. The van der Waals surface area contributed by atoms with Crippen molar-refractivity contribution in [3.63, 3.8) is 0 Å². The van der Waals surface area contributed by atoms with Crippen LogP contribution in [0.3, 0.4) is 0 Å². The third-order valence-electron chi connectivity index (χ3n) is 7.48. The first-order chi connectivity index (χ1) is 19.2. The number of nitrogens with one attached hydrogen (secondary N) is 1. The van der Waals surface area contributed by atoms with Crippen molar-refractivity contribution in [2.45, 2.75) is 44.4 Å². The van der Waals surface area contributed by atoms with Crippen molar-refractivity contribution >= 4 is 17.5 Å². The Bertz CT molecular complexity index is 1670. The predicted octanol–water partition coefficient (Wildman–Crippen LogP) is 5.95. The number of halogens is 3. The zero-order valence-electron chi connectivity index (χ0n) is 21.5. The lowest BCUT2D eigenvalue weighted by Crippen LogP contribution is -2.25. The number of carbonyl (C=O) groups excluding carboxylic acids is 1. The molecule has 2 aliphatic rings. The topological polar surface area (TPSA) is 99.7 Å². The zero-order valence-corrected chi connectivity index (χ0v) is 21.5. The van der Waals surface area contributed by atoms with Gasteiger partial charge in [-0.1, -0.05) is 18.9 Å². The highest BCUT2D eigenvalue weighted by molar-refractivity contribution is 6.10. The number of nitriles is 1. The maximum Gasteiger partial charge on any atom is 0.416 e. The first-order valence-electron chi connectivity index (χ1n) is 12.9. The van der Waals surface area contributed by atoms with Crippen molar-refractivity contribution in [2.75, 3.05) is 10.2 Å². The van der Waals surface area contributed by atoms with Gasteiger partial charge < -0.3 is 9.88 Å². The molecule has 40 heavy (non-hydrogen) atoms. The number of hydrogen-bond donors (Lipinski definition) is 1. The summed E-state index contributed by atoms with van der Waals surface area (Å²) in [6.45, 7) is -0.252. The van der Waals surface area contributed by atoms with Crippen molar-refractivity contribution in [3.05, 3.63) is 77.1 Å². The highest BCUT2D eigenvalue weighted by atomic mass is 19.4. The molecule has 8 nitrogen and oxygen atoms in total. The van der Waals surface area contributed by atoms with Gasteiger partial charge in [0.15, 0.2) is 5.82 Å². The molecular weight excluding hydrogens is 519 g/mol. The molecule has 0 spiro atoms. The fourth-order valence-electron chi connectivity index (χ4n) is 5.52. The molecule has 1 N–H and O–H groups in total. The lowest BCUT2D eigenvalue weighted by atomic mass is 9.97. The van der Waals surface area contributed by atoms with Crippen LogP contribution in [0.4, 0.5) is 24.8 Å². The summed E-state index contributed by atoms with van der Waals surface area (Å²) >= 11 is 0. The number of anilines is 2. The Hall–Kier alpha value is -4.72. The molecule has 1 fully saturated rings. The van der Waals surface area contributed by atoms with E-state index in [0.29, 0.717) is 33.9 Å². The predicted molar refractivity (Wildman–Crippen MR) is 142 cm³/mol. The number of rotatable bonds is 5. The van der Waals surface area contributed by atoms with Crippen LogP contribution in [0, 0.1) is 11.3 Å². The Morgan fingerprint density at radius 3 is 2.55 bits per heavy atom. The van der Waals surface area contributed by atoms with Crippen LogP contribution in [0.2, 0.25) is 0 Å². The van der Waals surface area contributed by atoms with Gasteiger partial charge in [-0.05, 0) is 72.0 Å². The average molecular weight is 544 g/mol. The molecule has 0 saturated heterocycles. The lowest BCUT2D eigenvalue weighted by Gasteiger charge is -2.21. The minimum atomic E-state index is -4.59. The summed E-state index contributed by atoms with van der Waals surface area (Å²) < 4.78 is 43.0. The van der Waals surface area contributed by atoms with Gasteiger partial charge in [-0.2, -0.15) is 18.4 Å². The number of carbonyl (C=O) groups is 1. The van der Waals surface area contributed by atoms with E-state index >= 15 is 0 Å². The van der Waals surface area contributed by atoms with Crippen molar-refractivity contribution in [1.82, 2.24) is 19.7 Å². The van der Waals surface area contributed by atoms with Gasteiger partial charge in [0, 0.05) is 24.2 Å². The highest BCUT2D eigenvalue weighted by Gasteiger charge is 2.40. The van der Waals surface area contributed by atoms with E-state index in [1.807, 2.05) is 6.07 Å². The number of nitrogens with zero attached hydrogens (tertiary/aromatic N) is 6. The number of fused-ring (bicyclic) bond motifs is 1. The van der Waals surface area contributed by atoms with Gasteiger partial charge in [0.25, 0.3) is 5.91 Å². The molecule has 11 heteroatoms. The Balaban J connectivity index is 1.50. The molecule has 1 amide bonds. The molecule has 202 valence electrons. The number of benzene rings is 2. The molecule has 1 aliphatic heterocycles. The molecule has 4 aromatic rings. The Kier molecular flexibility index (Phi) is 6.25. The van der Waals surface area contributed by atoms with E-state index in [1.165, 1.54) is 17.0 Å². The summed E-state index contributed by atoms with van der Waals surface area (Å²) in [5.74, 6) is 0.753. The van der Waals surface area contributed by atoms with E-state index in [-0.39, 0.29) is 29.5 Å². The highest BCUT2D eigenvalue weighted by Crippen LogP contribution is 2.40. The summed E-state index contributed by atoms with van der Waals surface area (Å²) in [6, 6.07) is 14.7. The van der Waals surface area contributed by atoms with E-state index < -0.39 is 17.6 Å². The maximum absolute atomic E-state index is 13.8. The van der Waals surface area contributed by atoms with Gasteiger partial charge in [0.1, 0.15) is 18.0 Å². The van der Waals surface area contributed by atoms with E-state index in [2.05, 4.69) is 21.6 Å². The third kappa shape index (κ3) is 4.55. The first kappa shape index (κ1) is 25.6. The van der Waals surface area contributed by atoms with Gasteiger partial charge in [0.05, 0.1) is 23.7 Å². The van der Waals surface area contributed by atoms with Crippen LogP contribution in [0.25, 0.3) is 22.5 Å². The number of aromatic nitrogens is 4. The molecule has 0 unspecified atom stereocenters. The molecule has 2 aromatic heterocycles. The number of amides is 1. The standard InChI is InChI=1S/C29H24F3N7O/c1-38-16-34-37-27(38)20-10-9-17(14-33)11-22(20)18-12-25(35-19-5-2-3-6-19)36-26(13-18)39-15-23-21(28(39)40)7-4-8-24(23)29(30,31)32/h4,7-13,16,19H,2-3,5-6,15H2,1H3,(H,35,36). The summed E-state index contributed by atoms with van der Waals surface area (Å²) in [7, 11) is 1.81. The van der Waals surface area contributed by atoms with Crippen LogP contribution in [-0.2, 0) is 19.8 Å². The van der Waals surface area contributed by atoms with Crippen LogP contribution in [0.5, 0.6) is 0 Å². The molecule has 0 radical (unpaired) electrons. The van der Waals surface area contributed by atoms with Gasteiger partial charge in [-0.3, -0.25) is 9.69 Å². The summed E-state index contributed by atoms with van der Waals surface area (Å²) in [4.78, 5) is 19.4. The number of hydrogen-bond acceptors (Lipinski definition) is 6. The van der Waals surface area contributed by atoms with Gasteiger partial charge >= 0.3 is 6.18 Å². The molecule has 3 heterocycles. The second kappa shape index (κ2) is 9.79. The fraction of sp³-hybridized carbons (Fsp3) is 0.276.